The molecule has 140 valence electrons. The maximum absolute atomic E-state index is 12.5. The van der Waals surface area contributed by atoms with Crippen LogP contribution in [0.5, 0.6) is 0 Å². The van der Waals surface area contributed by atoms with Crippen molar-refractivity contribution < 1.29 is 4.79 Å². The fourth-order valence-corrected chi connectivity index (χ4v) is 3.14. The number of anilines is 1. The molecule has 3 aromatic rings. The molecule has 0 radical (unpaired) electrons. The molecule has 2 heterocycles. The number of nitrogens with zero attached hydrogens (tertiary/aromatic N) is 4. The molecule has 0 spiro atoms. The molecule has 0 fully saturated rings. The van der Waals surface area contributed by atoms with E-state index in [0.29, 0.717) is 13.0 Å². The zero-order valence-electron chi connectivity index (χ0n) is 16.2. The number of carbonyl (C=O) groups excluding carboxylic acids is 1. The van der Waals surface area contributed by atoms with Crippen molar-refractivity contribution in [2.75, 3.05) is 19.0 Å². The fourth-order valence-electron chi connectivity index (χ4n) is 3.14. The van der Waals surface area contributed by atoms with E-state index < -0.39 is 0 Å². The number of rotatable bonds is 6. The molecule has 0 atom stereocenters. The molecule has 27 heavy (non-hydrogen) atoms. The Morgan fingerprint density at radius 2 is 1.85 bits per heavy atom. The molecule has 0 aliphatic heterocycles. The van der Waals surface area contributed by atoms with Crippen LogP contribution < -0.4 is 10.2 Å². The van der Waals surface area contributed by atoms with E-state index in [1.165, 1.54) is 0 Å². The van der Waals surface area contributed by atoms with Gasteiger partial charge >= 0.3 is 0 Å². The van der Waals surface area contributed by atoms with E-state index in [9.17, 15) is 4.79 Å². The molecule has 0 bridgehead atoms. The summed E-state index contributed by atoms with van der Waals surface area (Å²) < 4.78 is 1.89. The zero-order chi connectivity index (χ0) is 19.4. The molecule has 2 aromatic heterocycles. The number of hydrogen-bond donors (Lipinski definition) is 1. The second-order valence-corrected chi connectivity index (χ2v) is 6.73. The van der Waals surface area contributed by atoms with Gasteiger partial charge in [0.15, 0.2) is 0 Å². The van der Waals surface area contributed by atoms with E-state index in [4.69, 9.17) is 0 Å². The van der Waals surface area contributed by atoms with Crippen molar-refractivity contribution in [2.45, 2.75) is 26.8 Å². The standard InChI is InChI=1S/C21H25N5O/c1-15-19(16(2)26(24-15)18-10-6-5-7-11-18)13-20(27)23-14-17-9-8-12-22-21(17)25(3)4/h5-12H,13-14H2,1-4H3,(H,23,27). The summed E-state index contributed by atoms with van der Waals surface area (Å²) in [6.45, 7) is 4.40. The van der Waals surface area contributed by atoms with Gasteiger partial charge in [-0.2, -0.15) is 5.10 Å². The number of nitrogens with one attached hydrogen (secondary N) is 1. The van der Waals surface area contributed by atoms with Crippen LogP contribution in [0.4, 0.5) is 5.82 Å². The predicted octanol–water partition coefficient (Wildman–Crippen LogP) is 2.81. The number of pyridine rings is 1. The Morgan fingerprint density at radius 3 is 2.56 bits per heavy atom. The number of benzene rings is 1. The van der Waals surface area contributed by atoms with Gasteiger partial charge in [0.2, 0.25) is 5.91 Å². The Kier molecular flexibility index (Phi) is 5.54. The zero-order valence-corrected chi connectivity index (χ0v) is 16.2. The van der Waals surface area contributed by atoms with Crippen LogP contribution in [0.25, 0.3) is 5.69 Å². The van der Waals surface area contributed by atoms with E-state index in [2.05, 4.69) is 15.4 Å². The molecule has 0 saturated heterocycles. The van der Waals surface area contributed by atoms with E-state index in [0.717, 1.165) is 34.0 Å². The van der Waals surface area contributed by atoms with Gasteiger partial charge in [0.25, 0.3) is 0 Å². The third kappa shape index (κ3) is 4.16. The monoisotopic (exact) mass is 363 g/mol. The van der Waals surface area contributed by atoms with Crippen LogP contribution in [0, 0.1) is 13.8 Å². The Bertz CT molecular complexity index is 931. The van der Waals surface area contributed by atoms with E-state index >= 15 is 0 Å². The molecular weight excluding hydrogens is 338 g/mol. The van der Waals surface area contributed by atoms with E-state index in [1.54, 1.807) is 6.20 Å². The highest BCUT2D eigenvalue weighted by Crippen LogP contribution is 2.19. The van der Waals surface area contributed by atoms with Gasteiger partial charge in [0.05, 0.1) is 17.8 Å². The number of para-hydroxylation sites is 1. The number of hydrogen-bond acceptors (Lipinski definition) is 4. The maximum Gasteiger partial charge on any atom is 0.224 e. The molecule has 0 aliphatic carbocycles. The molecule has 6 nitrogen and oxygen atoms in total. The third-order valence-electron chi connectivity index (χ3n) is 4.55. The van der Waals surface area contributed by atoms with Crippen molar-refractivity contribution in [3.05, 3.63) is 71.2 Å². The number of aromatic nitrogens is 3. The summed E-state index contributed by atoms with van der Waals surface area (Å²) in [6, 6.07) is 13.8. The van der Waals surface area contributed by atoms with Crippen LogP contribution in [0.3, 0.4) is 0 Å². The quantitative estimate of drug-likeness (QED) is 0.731. The Labute approximate surface area is 159 Å². The first-order valence-corrected chi connectivity index (χ1v) is 8.96. The van der Waals surface area contributed by atoms with Gasteiger partial charge in [-0.15, -0.1) is 0 Å². The van der Waals surface area contributed by atoms with Gasteiger partial charge < -0.3 is 10.2 Å². The topological polar surface area (TPSA) is 63.1 Å². The Morgan fingerprint density at radius 1 is 1.11 bits per heavy atom. The van der Waals surface area contributed by atoms with Gasteiger partial charge in [-0.1, -0.05) is 24.3 Å². The van der Waals surface area contributed by atoms with Crippen LogP contribution in [0.1, 0.15) is 22.5 Å². The molecule has 1 N–H and O–H groups in total. The highest BCUT2D eigenvalue weighted by Gasteiger charge is 2.16. The van der Waals surface area contributed by atoms with Gasteiger partial charge in [-0.3, -0.25) is 4.79 Å². The second-order valence-electron chi connectivity index (χ2n) is 6.73. The Balaban J connectivity index is 1.71. The lowest BCUT2D eigenvalue weighted by molar-refractivity contribution is -0.120. The van der Waals surface area contributed by atoms with E-state index in [1.807, 2.05) is 80.0 Å². The fraction of sp³-hybridized carbons (Fsp3) is 0.286. The lowest BCUT2D eigenvalue weighted by Gasteiger charge is -2.16. The minimum Gasteiger partial charge on any atom is -0.362 e. The number of amides is 1. The molecule has 0 aliphatic rings. The minimum atomic E-state index is -0.0256. The summed E-state index contributed by atoms with van der Waals surface area (Å²) in [5.41, 5.74) is 4.82. The van der Waals surface area contributed by atoms with Gasteiger partial charge in [-0.25, -0.2) is 9.67 Å². The summed E-state index contributed by atoms with van der Waals surface area (Å²) in [6.07, 6.45) is 2.06. The number of carbonyl (C=O) groups is 1. The average Bonchev–Trinajstić information content (AvgIpc) is 2.95. The lowest BCUT2D eigenvalue weighted by Crippen LogP contribution is -2.26. The van der Waals surface area contributed by atoms with Crippen molar-refractivity contribution in [2.24, 2.45) is 0 Å². The Hall–Kier alpha value is -3.15. The van der Waals surface area contributed by atoms with Crippen molar-refractivity contribution in [3.63, 3.8) is 0 Å². The van der Waals surface area contributed by atoms with Gasteiger partial charge in [-0.05, 0) is 32.0 Å². The smallest absolute Gasteiger partial charge is 0.224 e. The third-order valence-corrected chi connectivity index (χ3v) is 4.55. The molecule has 1 amide bonds. The molecular formula is C21H25N5O. The average molecular weight is 363 g/mol. The number of aryl methyl sites for hydroxylation is 1. The van der Waals surface area contributed by atoms with E-state index in [-0.39, 0.29) is 5.91 Å². The summed E-state index contributed by atoms with van der Waals surface area (Å²) >= 11 is 0. The summed E-state index contributed by atoms with van der Waals surface area (Å²) in [5, 5.41) is 7.61. The first-order valence-electron chi connectivity index (χ1n) is 8.96. The normalized spacial score (nSPS) is 10.7. The SMILES string of the molecule is Cc1nn(-c2ccccc2)c(C)c1CC(=O)NCc1cccnc1N(C)C. The largest absolute Gasteiger partial charge is 0.362 e. The highest BCUT2D eigenvalue weighted by molar-refractivity contribution is 5.79. The first-order chi connectivity index (χ1) is 13.0. The van der Waals surface area contributed by atoms with Crippen LogP contribution >= 0.6 is 0 Å². The first kappa shape index (κ1) is 18.6. The lowest BCUT2D eigenvalue weighted by atomic mass is 10.1. The second kappa shape index (κ2) is 8.03. The minimum absolute atomic E-state index is 0.0256. The highest BCUT2D eigenvalue weighted by atomic mass is 16.1. The van der Waals surface area contributed by atoms with Gasteiger partial charge in [0, 0.05) is 43.7 Å². The van der Waals surface area contributed by atoms with Crippen molar-refractivity contribution in [1.29, 1.82) is 0 Å². The summed E-state index contributed by atoms with van der Waals surface area (Å²) in [5.74, 6) is 0.837. The summed E-state index contributed by atoms with van der Waals surface area (Å²) in [4.78, 5) is 18.8. The van der Waals surface area contributed by atoms with Crippen molar-refractivity contribution >= 4 is 11.7 Å². The predicted molar refractivity (Wildman–Crippen MR) is 107 cm³/mol. The van der Waals surface area contributed by atoms with Gasteiger partial charge in [0.1, 0.15) is 5.82 Å². The molecule has 0 saturated carbocycles. The maximum atomic E-state index is 12.5. The van der Waals surface area contributed by atoms with Crippen LogP contribution in [0.15, 0.2) is 48.7 Å². The summed E-state index contributed by atoms with van der Waals surface area (Å²) in [7, 11) is 3.89. The molecule has 0 unspecified atom stereocenters. The van der Waals surface area contributed by atoms with Crippen molar-refractivity contribution in [1.82, 2.24) is 20.1 Å². The molecule has 3 rings (SSSR count). The van der Waals surface area contributed by atoms with Crippen molar-refractivity contribution in [3.8, 4) is 5.69 Å². The molecule has 6 heteroatoms. The van der Waals surface area contributed by atoms with Crippen LogP contribution in [-0.2, 0) is 17.8 Å². The van der Waals surface area contributed by atoms with Crippen LogP contribution in [0.2, 0.25) is 0 Å². The van der Waals surface area contributed by atoms with Crippen LogP contribution in [-0.4, -0.2) is 34.8 Å². The molecule has 1 aromatic carbocycles.